The number of hydrogen-bond donors (Lipinski definition) is 1. The van der Waals surface area contributed by atoms with Crippen LogP contribution in [0.4, 0.5) is 31.1 Å². The number of fused-ring (bicyclic) bond motifs is 2. The van der Waals surface area contributed by atoms with Gasteiger partial charge in [0.05, 0.1) is 30.3 Å². The Hall–Kier alpha value is -4.75. The van der Waals surface area contributed by atoms with Crippen LogP contribution in [0.3, 0.4) is 0 Å². The van der Waals surface area contributed by atoms with E-state index in [1.165, 1.54) is 11.1 Å². The molecule has 55 heavy (non-hydrogen) atoms. The highest BCUT2D eigenvalue weighted by atomic mass is 19.4. The zero-order valence-electron chi connectivity index (χ0n) is 30.6. The molecule has 0 saturated carbocycles. The van der Waals surface area contributed by atoms with Crippen LogP contribution < -0.4 is 24.3 Å². The van der Waals surface area contributed by atoms with Crippen molar-refractivity contribution in [1.82, 2.24) is 30.0 Å². The van der Waals surface area contributed by atoms with Gasteiger partial charge in [0, 0.05) is 56.9 Å². The summed E-state index contributed by atoms with van der Waals surface area (Å²) in [6.07, 6.45) is -5.82. The first-order valence-electron chi connectivity index (χ1n) is 17.8. The van der Waals surface area contributed by atoms with Crippen molar-refractivity contribution in [3.05, 3.63) is 35.9 Å². The average molecular weight is 791 g/mol. The molecule has 4 aliphatic heterocycles. The van der Waals surface area contributed by atoms with Crippen molar-refractivity contribution >= 4 is 17.9 Å². The van der Waals surface area contributed by atoms with Crippen LogP contribution in [-0.4, -0.2) is 125 Å². The normalized spacial score (nSPS) is 17.8. The molecule has 2 fully saturated rings. The molecule has 1 N–H and O–H groups in total. The van der Waals surface area contributed by atoms with Crippen LogP contribution in [0.1, 0.15) is 57.8 Å². The summed E-state index contributed by atoms with van der Waals surface area (Å²) in [5.74, 6) is -1.32. The van der Waals surface area contributed by atoms with Gasteiger partial charge in [-0.3, -0.25) is 24.5 Å². The number of nitrogens with zero attached hydrogens (tertiary/aromatic N) is 5. The molecule has 0 aromatic carbocycles. The monoisotopic (exact) mass is 790 g/mol. The van der Waals surface area contributed by atoms with Gasteiger partial charge in [-0.05, 0) is 46.5 Å². The van der Waals surface area contributed by atoms with Crippen molar-refractivity contribution in [2.75, 3.05) is 52.6 Å². The number of ether oxygens (including phenoxy) is 5. The van der Waals surface area contributed by atoms with E-state index in [-0.39, 0.29) is 51.6 Å². The highest BCUT2D eigenvalue weighted by Gasteiger charge is 2.45. The predicted molar refractivity (Wildman–Crippen MR) is 180 cm³/mol. The maximum atomic E-state index is 12.9. The minimum Gasteiger partial charge on any atom is -0.486 e. The van der Waals surface area contributed by atoms with Crippen molar-refractivity contribution in [3.8, 4) is 23.0 Å². The first-order valence-corrected chi connectivity index (χ1v) is 17.8. The van der Waals surface area contributed by atoms with Gasteiger partial charge in [-0.25, -0.2) is 4.79 Å². The minimum absolute atomic E-state index is 0.0530. The van der Waals surface area contributed by atoms with Gasteiger partial charge in [0.1, 0.15) is 32.0 Å². The lowest BCUT2D eigenvalue weighted by atomic mass is 10.0. The van der Waals surface area contributed by atoms with E-state index in [0.717, 1.165) is 15.5 Å². The molecule has 304 valence electrons. The van der Waals surface area contributed by atoms with Crippen LogP contribution in [-0.2, 0) is 27.4 Å². The zero-order chi connectivity index (χ0) is 40.0. The van der Waals surface area contributed by atoms with E-state index in [9.17, 15) is 40.7 Å². The van der Waals surface area contributed by atoms with Crippen LogP contribution >= 0.6 is 0 Å². The third-order valence-corrected chi connectivity index (χ3v) is 8.97. The van der Waals surface area contributed by atoms with E-state index in [0.29, 0.717) is 74.5 Å². The number of carbonyl (C=O) groups excluding carboxylic acids is 3. The summed E-state index contributed by atoms with van der Waals surface area (Å²) in [6, 6.07) is 3.12. The molecule has 2 aromatic rings. The van der Waals surface area contributed by atoms with Gasteiger partial charge in [-0.15, -0.1) is 0 Å². The van der Waals surface area contributed by atoms with Crippen molar-refractivity contribution < 1.29 is 64.4 Å². The Morgan fingerprint density at radius 3 is 1.64 bits per heavy atom. The third-order valence-electron chi connectivity index (χ3n) is 8.97. The van der Waals surface area contributed by atoms with Gasteiger partial charge in [0.25, 0.3) is 0 Å². The van der Waals surface area contributed by atoms with Gasteiger partial charge in [-0.1, -0.05) is 0 Å². The SMILES string of the molecule is CC(C)(C)OC(=O)N(Cc1cc2c(cn1)OCCO2)C1CCN(C(=O)C(F)(F)F)CC1.O=C(N1CCC(NCc2cc3c(cn2)OCCO3)CC1)C(F)(F)F. The zero-order valence-corrected chi connectivity index (χ0v) is 30.6. The Labute approximate surface area is 313 Å². The number of pyridine rings is 2. The lowest BCUT2D eigenvalue weighted by Crippen LogP contribution is -2.51. The Balaban J connectivity index is 0.000000218. The first kappa shape index (κ1) is 41.4. The van der Waals surface area contributed by atoms with Gasteiger partial charge in [0.2, 0.25) is 0 Å². The molecule has 0 atom stereocenters. The number of piperidine rings is 2. The number of nitrogens with one attached hydrogen (secondary N) is 1. The lowest BCUT2D eigenvalue weighted by molar-refractivity contribution is -0.186. The van der Waals surface area contributed by atoms with E-state index in [1.807, 2.05) is 0 Å². The molecule has 20 heteroatoms. The summed E-state index contributed by atoms with van der Waals surface area (Å²) in [5, 5.41) is 3.26. The molecule has 0 unspecified atom stereocenters. The Kier molecular flexibility index (Phi) is 13.1. The molecule has 2 aromatic heterocycles. The van der Waals surface area contributed by atoms with E-state index in [4.69, 9.17) is 23.7 Å². The number of alkyl halides is 6. The molecule has 0 bridgehead atoms. The van der Waals surface area contributed by atoms with Gasteiger partial charge in [0.15, 0.2) is 23.0 Å². The molecule has 0 spiro atoms. The molecule has 3 amide bonds. The second-order valence-corrected chi connectivity index (χ2v) is 14.2. The number of likely N-dealkylation sites (tertiary alicyclic amines) is 2. The fraction of sp³-hybridized carbons (Fsp3) is 0.629. The molecular weight excluding hydrogens is 746 g/mol. The summed E-state index contributed by atoms with van der Waals surface area (Å²) >= 11 is 0. The molecule has 2 saturated heterocycles. The summed E-state index contributed by atoms with van der Waals surface area (Å²) < 4.78 is 103. The molecular formula is C35H44F6N6O8. The standard InChI is InChI=1S/C20H26F3N3O5.C15H18F3N3O3/c1-19(2,3)31-18(28)26(12-13-10-15-16(11-24-13)30-9-8-29-15)14-4-6-25(7-5-14)17(27)20(21,22)23;16-15(17,18)14(22)21-3-1-10(2-4-21)19-8-11-7-12-13(9-20-11)24-6-5-23-12/h10-11,14H,4-9,12H2,1-3H3;7,9-10,19H,1-6,8H2. The fourth-order valence-corrected chi connectivity index (χ4v) is 6.27. The quantitative estimate of drug-likeness (QED) is 0.409. The van der Waals surface area contributed by atoms with Gasteiger partial charge in [-0.2, -0.15) is 26.3 Å². The summed E-state index contributed by atoms with van der Waals surface area (Å²) in [6.45, 7) is 7.59. The number of amides is 3. The van der Waals surface area contributed by atoms with Gasteiger partial charge >= 0.3 is 30.3 Å². The highest BCUT2D eigenvalue weighted by Crippen LogP contribution is 2.32. The van der Waals surface area contributed by atoms with Crippen LogP contribution in [0.2, 0.25) is 0 Å². The second kappa shape index (κ2) is 17.4. The second-order valence-electron chi connectivity index (χ2n) is 14.2. The van der Waals surface area contributed by atoms with E-state index >= 15 is 0 Å². The largest absolute Gasteiger partial charge is 0.486 e. The molecule has 6 rings (SSSR count). The molecule has 14 nitrogen and oxygen atoms in total. The van der Waals surface area contributed by atoms with Crippen molar-refractivity contribution in [3.63, 3.8) is 0 Å². The van der Waals surface area contributed by atoms with Crippen molar-refractivity contribution in [2.24, 2.45) is 0 Å². The first-order chi connectivity index (χ1) is 25.9. The van der Waals surface area contributed by atoms with E-state index in [1.54, 1.807) is 39.1 Å². The Morgan fingerprint density at radius 2 is 1.16 bits per heavy atom. The number of halogens is 6. The maximum absolute atomic E-state index is 12.9. The van der Waals surface area contributed by atoms with Crippen LogP contribution in [0.25, 0.3) is 0 Å². The van der Waals surface area contributed by atoms with Crippen LogP contribution in [0, 0.1) is 0 Å². The van der Waals surface area contributed by atoms with Crippen LogP contribution in [0.5, 0.6) is 23.0 Å². The number of rotatable bonds is 6. The van der Waals surface area contributed by atoms with Crippen LogP contribution in [0.15, 0.2) is 24.5 Å². The third kappa shape index (κ3) is 11.6. The smallest absolute Gasteiger partial charge is 0.471 e. The molecule has 6 heterocycles. The van der Waals surface area contributed by atoms with E-state index in [2.05, 4.69) is 15.3 Å². The average Bonchev–Trinajstić information content (AvgIpc) is 3.14. The fourth-order valence-electron chi connectivity index (χ4n) is 6.27. The number of carbonyl (C=O) groups is 3. The van der Waals surface area contributed by atoms with Gasteiger partial charge < -0.3 is 38.8 Å². The Morgan fingerprint density at radius 1 is 0.727 bits per heavy atom. The Bertz CT molecular complexity index is 1660. The minimum atomic E-state index is -4.91. The topological polar surface area (TPSA) is 145 Å². The van der Waals surface area contributed by atoms with Crippen molar-refractivity contribution in [1.29, 1.82) is 0 Å². The number of aromatic nitrogens is 2. The molecule has 0 radical (unpaired) electrons. The predicted octanol–water partition coefficient (Wildman–Crippen LogP) is 4.64. The highest BCUT2D eigenvalue weighted by molar-refractivity contribution is 5.82. The number of hydrogen-bond acceptors (Lipinski definition) is 11. The van der Waals surface area contributed by atoms with Crippen molar-refractivity contribution in [2.45, 2.75) is 89.6 Å². The molecule has 0 aliphatic carbocycles. The maximum Gasteiger partial charge on any atom is 0.471 e. The lowest BCUT2D eigenvalue weighted by Gasteiger charge is -2.39. The molecule has 4 aliphatic rings. The summed E-state index contributed by atoms with van der Waals surface area (Å²) in [7, 11) is 0. The summed E-state index contributed by atoms with van der Waals surface area (Å²) in [4.78, 5) is 47.3. The summed E-state index contributed by atoms with van der Waals surface area (Å²) in [5.41, 5.74) is 0.555. The van der Waals surface area contributed by atoms with E-state index < -0.39 is 41.9 Å².